The van der Waals surface area contributed by atoms with Gasteiger partial charge < -0.3 is 5.32 Å². The van der Waals surface area contributed by atoms with E-state index in [-0.39, 0.29) is 5.78 Å². The zero-order chi connectivity index (χ0) is 11.8. The summed E-state index contributed by atoms with van der Waals surface area (Å²) in [7, 11) is 0. The van der Waals surface area contributed by atoms with Gasteiger partial charge in [0.25, 0.3) is 0 Å². The number of hydrogen-bond donors (Lipinski definition) is 1. The van der Waals surface area contributed by atoms with E-state index >= 15 is 0 Å². The van der Waals surface area contributed by atoms with Crippen molar-refractivity contribution in [3.63, 3.8) is 0 Å². The van der Waals surface area contributed by atoms with E-state index < -0.39 is 0 Å². The SMILES string of the molecule is C=C1CN/C(=C2/CCc3ccccc3C2=O)S1. The number of aryl methyl sites for hydroxylation is 1. The van der Waals surface area contributed by atoms with Crippen LogP contribution in [0.3, 0.4) is 0 Å². The van der Waals surface area contributed by atoms with Crippen molar-refractivity contribution in [2.45, 2.75) is 12.8 Å². The fourth-order valence-corrected chi connectivity index (χ4v) is 3.17. The van der Waals surface area contributed by atoms with E-state index in [0.29, 0.717) is 0 Å². The number of ketones is 1. The van der Waals surface area contributed by atoms with Gasteiger partial charge in [0.2, 0.25) is 0 Å². The molecule has 0 unspecified atom stereocenters. The summed E-state index contributed by atoms with van der Waals surface area (Å²) in [6.45, 7) is 4.70. The molecule has 1 saturated heterocycles. The Morgan fingerprint density at radius 1 is 1.24 bits per heavy atom. The van der Waals surface area contributed by atoms with Crippen LogP contribution in [0.2, 0.25) is 0 Å². The van der Waals surface area contributed by atoms with Gasteiger partial charge in [0, 0.05) is 22.6 Å². The van der Waals surface area contributed by atoms with Crippen LogP contribution in [0, 0.1) is 0 Å². The zero-order valence-electron chi connectivity index (χ0n) is 9.45. The zero-order valence-corrected chi connectivity index (χ0v) is 10.3. The van der Waals surface area contributed by atoms with Crippen molar-refractivity contribution in [1.29, 1.82) is 0 Å². The van der Waals surface area contributed by atoms with Gasteiger partial charge in [-0.2, -0.15) is 0 Å². The number of thioether (sulfide) groups is 1. The second-order valence-corrected chi connectivity index (χ2v) is 5.48. The first-order valence-electron chi connectivity index (χ1n) is 5.71. The summed E-state index contributed by atoms with van der Waals surface area (Å²) < 4.78 is 0. The molecule has 86 valence electrons. The minimum Gasteiger partial charge on any atom is -0.375 e. The maximum Gasteiger partial charge on any atom is 0.191 e. The number of benzene rings is 1. The molecule has 3 rings (SSSR count). The van der Waals surface area contributed by atoms with Crippen molar-refractivity contribution in [3.8, 4) is 0 Å². The largest absolute Gasteiger partial charge is 0.375 e. The van der Waals surface area contributed by atoms with Crippen LogP contribution >= 0.6 is 11.8 Å². The Labute approximate surface area is 105 Å². The third-order valence-electron chi connectivity index (χ3n) is 3.15. The Morgan fingerprint density at radius 2 is 2.06 bits per heavy atom. The summed E-state index contributed by atoms with van der Waals surface area (Å²) >= 11 is 1.60. The molecule has 1 fully saturated rings. The first kappa shape index (κ1) is 10.7. The molecular formula is C14H13NOS. The predicted molar refractivity (Wildman–Crippen MR) is 70.9 cm³/mol. The predicted octanol–water partition coefficient (Wildman–Crippen LogP) is 2.88. The number of allylic oxidation sites excluding steroid dienone is 1. The Balaban J connectivity index is 2.02. The van der Waals surface area contributed by atoms with Crippen LogP contribution in [-0.4, -0.2) is 12.3 Å². The standard InChI is InChI=1S/C14H13NOS/c1-9-8-15-14(17-9)12-7-6-10-4-2-3-5-11(10)13(12)16/h2-5,15H,1,6-8H2/b14-12+. The monoisotopic (exact) mass is 243 g/mol. The summed E-state index contributed by atoms with van der Waals surface area (Å²) in [5.41, 5.74) is 2.96. The normalized spacial score (nSPS) is 23.5. The lowest BCUT2D eigenvalue weighted by molar-refractivity contribution is 0.102. The Kier molecular flexibility index (Phi) is 2.56. The lowest BCUT2D eigenvalue weighted by atomic mass is 9.87. The maximum atomic E-state index is 12.4. The summed E-state index contributed by atoms with van der Waals surface area (Å²) in [6.07, 6.45) is 1.79. The molecule has 0 atom stereocenters. The van der Waals surface area contributed by atoms with Crippen LogP contribution in [0.25, 0.3) is 0 Å². The fourth-order valence-electron chi connectivity index (χ4n) is 2.28. The van der Waals surface area contributed by atoms with E-state index in [1.54, 1.807) is 11.8 Å². The molecule has 2 aliphatic rings. The van der Waals surface area contributed by atoms with Crippen molar-refractivity contribution in [1.82, 2.24) is 5.32 Å². The molecule has 17 heavy (non-hydrogen) atoms. The van der Waals surface area contributed by atoms with Gasteiger partial charge in [-0.25, -0.2) is 0 Å². The number of hydrogen-bond acceptors (Lipinski definition) is 3. The third-order valence-corrected chi connectivity index (χ3v) is 4.17. The van der Waals surface area contributed by atoms with Crippen LogP contribution < -0.4 is 5.32 Å². The average Bonchev–Trinajstić information content (AvgIpc) is 2.77. The van der Waals surface area contributed by atoms with E-state index in [4.69, 9.17) is 0 Å². The third kappa shape index (κ3) is 1.80. The van der Waals surface area contributed by atoms with E-state index in [2.05, 4.69) is 11.9 Å². The summed E-state index contributed by atoms with van der Waals surface area (Å²) in [4.78, 5) is 13.5. The van der Waals surface area contributed by atoms with Crippen LogP contribution in [0.5, 0.6) is 0 Å². The van der Waals surface area contributed by atoms with E-state index in [1.807, 2.05) is 24.3 Å². The van der Waals surface area contributed by atoms with Crippen LogP contribution in [0.4, 0.5) is 0 Å². The van der Waals surface area contributed by atoms with Crippen molar-refractivity contribution in [2.24, 2.45) is 0 Å². The van der Waals surface area contributed by atoms with Gasteiger partial charge in [-0.05, 0) is 18.4 Å². The molecule has 3 heteroatoms. The molecule has 1 aliphatic carbocycles. The molecule has 0 aromatic heterocycles. The average molecular weight is 243 g/mol. The molecule has 2 nitrogen and oxygen atoms in total. The number of carbonyl (C=O) groups excluding carboxylic acids is 1. The first-order valence-corrected chi connectivity index (χ1v) is 6.52. The summed E-state index contributed by atoms with van der Waals surface area (Å²) in [6, 6.07) is 7.89. The van der Waals surface area contributed by atoms with Crippen molar-refractivity contribution < 1.29 is 4.79 Å². The quantitative estimate of drug-likeness (QED) is 0.710. The number of Topliss-reactive ketones (excluding diaryl/α,β-unsaturated/α-hetero) is 1. The Bertz CT molecular complexity index is 545. The molecule has 1 aliphatic heterocycles. The van der Waals surface area contributed by atoms with Crippen LogP contribution in [0.15, 0.2) is 46.4 Å². The lowest BCUT2D eigenvalue weighted by Gasteiger charge is -2.18. The highest BCUT2D eigenvalue weighted by atomic mass is 32.2. The lowest BCUT2D eigenvalue weighted by Crippen LogP contribution is -2.18. The first-order chi connectivity index (χ1) is 8.25. The van der Waals surface area contributed by atoms with Gasteiger partial charge in [0.1, 0.15) is 0 Å². The van der Waals surface area contributed by atoms with Gasteiger partial charge in [-0.1, -0.05) is 42.6 Å². The highest BCUT2D eigenvalue weighted by molar-refractivity contribution is 8.07. The number of carbonyl (C=O) groups is 1. The highest BCUT2D eigenvalue weighted by Crippen LogP contribution is 2.35. The van der Waals surface area contributed by atoms with E-state index in [9.17, 15) is 4.79 Å². The molecule has 0 bridgehead atoms. The smallest absolute Gasteiger partial charge is 0.191 e. The fraction of sp³-hybridized carbons (Fsp3) is 0.214. The van der Waals surface area contributed by atoms with Crippen LogP contribution in [0.1, 0.15) is 22.3 Å². The van der Waals surface area contributed by atoms with Crippen molar-refractivity contribution >= 4 is 17.5 Å². The van der Waals surface area contributed by atoms with E-state index in [1.165, 1.54) is 5.56 Å². The van der Waals surface area contributed by atoms with Crippen LogP contribution in [-0.2, 0) is 6.42 Å². The van der Waals surface area contributed by atoms with E-state index in [0.717, 1.165) is 40.5 Å². The Morgan fingerprint density at radius 3 is 2.82 bits per heavy atom. The topological polar surface area (TPSA) is 29.1 Å². The minimum absolute atomic E-state index is 0.177. The molecule has 0 amide bonds. The molecule has 0 spiro atoms. The van der Waals surface area contributed by atoms with Gasteiger partial charge in [-0.15, -0.1) is 0 Å². The molecular weight excluding hydrogens is 230 g/mol. The summed E-state index contributed by atoms with van der Waals surface area (Å²) in [5.74, 6) is 0.177. The molecule has 1 aromatic carbocycles. The molecule has 1 aromatic rings. The molecule has 1 heterocycles. The molecule has 0 saturated carbocycles. The minimum atomic E-state index is 0.177. The summed E-state index contributed by atoms with van der Waals surface area (Å²) in [5, 5.41) is 4.27. The van der Waals surface area contributed by atoms with Crippen molar-refractivity contribution in [2.75, 3.05) is 6.54 Å². The van der Waals surface area contributed by atoms with Gasteiger partial charge in [-0.3, -0.25) is 4.79 Å². The second kappa shape index (κ2) is 4.08. The number of fused-ring (bicyclic) bond motifs is 1. The maximum absolute atomic E-state index is 12.4. The molecule has 0 radical (unpaired) electrons. The van der Waals surface area contributed by atoms with Gasteiger partial charge in [0.05, 0.1) is 5.03 Å². The second-order valence-electron chi connectivity index (χ2n) is 4.29. The number of rotatable bonds is 0. The number of nitrogens with one attached hydrogen (secondary N) is 1. The highest BCUT2D eigenvalue weighted by Gasteiger charge is 2.26. The Hall–Kier alpha value is -1.48. The van der Waals surface area contributed by atoms with Gasteiger partial charge in [0.15, 0.2) is 5.78 Å². The molecule has 1 N–H and O–H groups in total. The van der Waals surface area contributed by atoms with Gasteiger partial charge >= 0.3 is 0 Å². The van der Waals surface area contributed by atoms with Crippen molar-refractivity contribution in [3.05, 3.63) is 57.5 Å².